The summed E-state index contributed by atoms with van der Waals surface area (Å²) >= 11 is 0. The molecule has 7 nitrogen and oxygen atoms in total. The van der Waals surface area contributed by atoms with E-state index in [1.165, 1.54) is 10.7 Å². The Kier molecular flexibility index (Phi) is 4.65. The van der Waals surface area contributed by atoms with Crippen LogP contribution in [0, 0.1) is 6.92 Å². The van der Waals surface area contributed by atoms with Gasteiger partial charge in [-0.15, -0.1) is 0 Å². The average Bonchev–Trinajstić information content (AvgIpc) is 2.64. The Balaban J connectivity index is 1.89. The van der Waals surface area contributed by atoms with E-state index < -0.39 is 6.04 Å². The number of amides is 1. The number of hydrogen-bond acceptors (Lipinski definition) is 5. The Morgan fingerprint density at radius 1 is 1.12 bits per heavy atom. The van der Waals surface area contributed by atoms with Crippen LogP contribution in [0.1, 0.15) is 18.5 Å². The van der Waals surface area contributed by atoms with Crippen molar-refractivity contribution in [2.75, 3.05) is 5.32 Å². The number of aryl methyl sites for hydroxylation is 1. The topological polar surface area (TPSA) is 89.8 Å². The maximum Gasteiger partial charge on any atom is 0.267 e. The summed E-state index contributed by atoms with van der Waals surface area (Å²) in [5.74, 6) is 0.112. The van der Waals surface area contributed by atoms with Crippen molar-refractivity contribution < 1.29 is 4.79 Å². The van der Waals surface area contributed by atoms with Gasteiger partial charge in [0.1, 0.15) is 11.9 Å². The molecular formula is C18H17N5O2. The van der Waals surface area contributed by atoms with Crippen LogP contribution in [0.3, 0.4) is 0 Å². The minimum atomic E-state index is -0.782. The standard InChI is InChI=1S/C18H17N5O2/c1-12-4-3-9-20-17(12)21-18(25)13(2)23-16(24)6-5-15(22-23)14-7-10-19-11-8-14/h3-11,13H,1-2H3,(H,20,21,25). The number of hydrogen-bond donors (Lipinski definition) is 1. The maximum absolute atomic E-state index is 12.5. The second kappa shape index (κ2) is 7.04. The monoisotopic (exact) mass is 335 g/mol. The molecular weight excluding hydrogens is 318 g/mol. The zero-order valence-corrected chi connectivity index (χ0v) is 13.9. The first kappa shape index (κ1) is 16.5. The van der Waals surface area contributed by atoms with Gasteiger partial charge in [0.05, 0.1) is 5.69 Å². The van der Waals surface area contributed by atoms with Crippen LogP contribution in [0.25, 0.3) is 11.3 Å². The number of carbonyl (C=O) groups excluding carboxylic acids is 1. The van der Waals surface area contributed by atoms with Gasteiger partial charge in [-0.25, -0.2) is 9.67 Å². The molecule has 1 unspecified atom stereocenters. The van der Waals surface area contributed by atoms with Crippen LogP contribution in [-0.2, 0) is 4.79 Å². The van der Waals surface area contributed by atoms with Gasteiger partial charge in [-0.2, -0.15) is 5.10 Å². The normalized spacial score (nSPS) is 11.8. The second-order valence-corrected chi connectivity index (χ2v) is 5.57. The molecule has 3 aromatic heterocycles. The summed E-state index contributed by atoms with van der Waals surface area (Å²) in [6.07, 6.45) is 4.89. The number of aromatic nitrogens is 4. The van der Waals surface area contributed by atoms with Crippen LogP contribution >= 0.6 is 0 Å². The summed E-state index contributed by atoms with van der Waals surface area (Å²) in [6, 6.07) is 9.47. The zero-order valence-electron chi connectivity index (χ0n) is 13.9. The van der Waals surface area contributed by atoms with Gasteiger partial charge in [-0.3, -0.25) is 14.6 Å². The molecule has 0 aliphatic rings. The summed E-state index contributed by atoms with van der Waals surface area (Å²) in [4.78, 5) is 32.8. The zero-order chi connectivity index (χ0) is 17.8. The Bertz CT molecular complexity index is 953. The van der Waals surface area contributed by atoms with E-state index >= 15 is 0 Å². The van der Waals surface area contributed by atoms with Crippen LogP contribution in [0.15, 0.2) is 59.8 Å². The molecule has 1 amide bonds. The Morgan fingerprint density at radius 3 is 2.60 bits per heavy atom. The molecule has 0 radical (unpaired) electrons. The van der Waals surface area contributed by atoms with E-state index in [0.717, 1.165) is 11.1 Å². The molecule has 0 aliphatic carbocycles. The Morgan fingerprint density at radius 2 is 1.88 bits per heavy atom. The molecule has 0 spiro atoms. The summed E-state index contributed by atoms with van der Waals surface area (Å²) in [5.41, 5.74) is 1.90. The van der Waals surface area contributed by atoms with Crippen LogP contribution in [0.5, 0.6) is 0 Å². The molecule has 3 heterocycles. The lowest BCUT2D eigenvalue weighted by Crippen LogP contribution is -2.33. The van der Waals surface area contributed by atoms with Crippen molar-refractivity contribution in [3.8, 4) is 11.3 Å². The molecule has 0 aromatic carbocycles. The van der Waals surface area contributed by atoms with E-state index in [1.54, 1.807) is 49.8 Å². The minimum absolute atomic E-state index is 0.349. The van der Waals surface area contributed by atoms with Crippen molar-refractivity contribution in [1.29, 1.82) is 0 Å². The smallest absolute Gasteiger partial charge is 0.267 e. The molecule has 126 valence electrons. The van der Waals surface area contributed by atoms with Crippen LogP contribution in [0.4, 0.5) is 5.82 Å². The first-order chi connectivity index (χ1) is 12.1. The van der Waals surface area contributed by atoms with Crippen LogP contribution in [-0.4, -0.2) is 25.7 Å². The van der Waals surface area contributed by atoms with Gasteiger partial charge < -0.3 is 5.32 Å². The van der Waals surface area contributed by atoms with Crippen molar-refractivity contribution in [1.82, 2.24) is 19.7 Å². The fraction of sp³-hybridized carbons (Fsp3) is 0.167. The first-order valence-corrected chi connectivity index (χ1v) is 7.79. The fourth-order valence-electron chi connectivity index (χ4n) is 2.33. The average molecular weight is 335 g/mol. The second-order valence-electron chi connectivity index (χ2n) is 5.57. The largest absolute Gasteiger partial charge is 0.309 e. The predicted octanol–water partition coefficient (Wildman–Crippen LogP) is 2.21. The van der Waals surface area contributed by atoms with E-state index in [9.17, 15) is 9.59 Å². The highest BCUT2D eigenvalue weighted by molar-refractivity contribution is 5.93. The van der Waals surface area contributed by atoms with E-state index in [-0.39, 0.29) is 11.5 Å². The van der Waals surface area contributed by atoms with E-state index in [1.807, 2.05) is 13.0 Å². The summed E-state index contributed by atoms with van der Waals surface area (Å²) < 4.78 is 1.17. The summed E-state index contributed by atoms with van der Waals surface area (Å²) in [5, 5.41) is 7.06. The quantitative estimate of drug-likeness (QED) is 0.789. The number of nitrogens with zero attached hydrogens (tertiary/aromatic N) is 4. The fourth-order valence-corrected chi connectivity index (χ4v) is 2.33. The molecule has 0 fully saturated rings. The summed E-state index contributed by atoms with van der Waals surface area (Å²) in [6.45, 7) is 3.47. The first-order valence-electron chi connectivity index (χ1n) is 7.79. The van der Waals surface area contributed by atoms with Crippen molar-refractivity contribution in [3.63, 3.8) is 0 Å². The highest BCUT2D eigenvalue weighted by atomic mass is 16.2. The number of nitrogens with one attached hydrogen (secondary N) is 1. The van der Waals surface area contributed by atoms with Gasteiger partial charge in [0, 0.05) is 30.2 Å². The molecule has 0 saturated carbocycles. The number of anilines is 1. The lowest BCUT2D eigenvalue weighted by molar-refractivity contribution is -0.119. The van der Waals surface area contributed by atoms with Gasteiger partial charge in [0.15, 0.2) is 0 Å². The minimum Gasteiger partial charge on any atom is -0.309 e. The number of pyridine rings is 2. The molecule has 25 heavy (non-hydrogen) atoms. The molecule has 3 rings (SSSR count). The van der Waals surface area contributed by atoms with E-state index in [4.69, 9.17) is 0 Å². The van der Waals surface area contributed by atoms with Crippen molar-refractivity contribution >= 4 is 11.7 Å². The van der Waals surface area contributed by atoms with Crippen molar-refractivity contribution in [3.05, 3.63) is 70.9 Å². The van der Waals surface area contributed by atoms with E-state index in [0.29, 0.717) is 11.5 Å². The third-order valence-corrected chi connectivity index (χ3v) is 3.80. The molecule has 0 saturated heterocycles. The molecule has 0 bridgehead atoms. The third-order valence-electron chi connectivity index (χ3n) is 3.80. The molecule has 3 aromatic rings. The van der Waals surface area contributed by atoms with Crippen LogP contribution in [0.2, 0.25) is 0 Å². The Hall–Kier alpha value is -3.35. The van der Waals surface area contributed by atoms with Crippen molar-refractivity contribution in [2.24, 2.45) is 0 Å². The van der Waals surface area contributed by atoms with Crippen molar-refractivity contribution in [2.45, 2.75) is 19.9 Å². The predicted molar refractivity (Wildman–Crippen MR) is 94.0 cm³/mol. The Labute approximate surface area is 144 Å². The maximum atomic E-state index is 12.5. The molecule has 1 atom stereocenters. The summed E-state index contributed by atoms with van der Waals surface area (Å²) in [7, 11) is 0. The third kappa shape index (κ3) is 3.60. The van der Waals surface area contributed by atoms with Gasteiger partial charge in [0.2, 0.25) is 5.91 Å². The number of rotatable bonds is 4. The highest BCUT2D eigenvalue weighted by Gasteiger charge is 2.19. The molecule has 0 aliphatic heterocycles. The molecule has 7 heteroatoms. The molecule has 1 N–H and O–H groups in total. The van der Waals surface area contributed by atoms with Crippen LogP contribution < -0.4 is 10.9 Å². The lowest BCUT2D eigenvalue weighted by atomic mass is 10.2. The number of carbonyl (C=O) groups is 1. The van der Waals surface area contributed by atoms with E-state index in [2.05, 4.69) is 20.4 Å². The van der Waals surface area contributed by atoms with Gasteiger partial charge in [-0.1, -0.05) is 6.07 Å². The lowest BCUT2D eigenvalue weighted by Gasteiger charge is -2.15. The highest BCUT2D eigenvalue weighted by Crippen LogP contribution is 2.16. The SMILES string of the molecule is Cc1cccnc1NC(=O)C(C)n1nc(-c2ccncc2)ccc1=O. The van der Waals surface area contributed by atoms with Gasteiger partial charge in [-0.05, 0) is 43.7 Å². The van der Waals surface area contributed by atoms with Gasteiger partial charge >= 0.3 is 0 Å². The van der Waals surface area contributed by atoms with Gasteiger partial charge in [0.25, 0.3) is 5.56 Å².